The number of benzene rings is 2. The third kappa shape index (κ3) is 3.85. The lowest BCUT2D eigenvalue weighted by Gasteiger charge is -2.18. The van der Waals surface area contributed by atoms with Gasteiger partial charge in [-0.2, -0.15) is 0 Å². The first-order valence-electron chi connectivity index (χ1n) is 9.68. The maximum Gasteiger partial charge on any atom is 0.255 e. The molecule has 4 rings (SSSR count). The lowest BCUT2D eigenvalue weighted by atomic mass is 10.1. The third-order valence-electron chi connectivity index (χ3n) is 5.32. The zero-order valence-corrected chi connectivity index (χ0v) is 17.0. The summed E-state index contributed by atoms with van der Waals surface area (Å²) in [4.78, 5) is 27.0. The van der Waals surface area contributed by atoms with Gasteiger partial charge in [0.1, 0.15) is 0 Å². The maximum absolute atomic E-state index is 12.5. The average Bonchev–Trinajstić information content (AvgIpc) is 3.29. The average molecular weight is 413 g/mol. The number of carbonyl (C=O) groups is 2. The van der Waals surface area contributed by atoms with Crippen LogP contribution in [0.3, 0.4) is 0 Å². The van der Waals surface area contributed by atoms with E-state index >= 15 is 0 Å². The normalized spacial score (nSPS) is 20.9. The van der Waals surface area contributed by atoms with E-state index in [9.17, 15) is 18.0 Å². The Hall–Kier alpha value is -2.87. The molecule has 2 fully saturated rings. The molecule has 0 bridgehead atoms. The summed E-state index contributed by atoms with van der Waals surface area (Å²) >= 11 is 0. The Morgan fingerprint density at radius 3 is 2.10 bits per heavy atom. The SMILES string of the molecule is C[C@H]1CS(=O)(=O)N(c2ccc(C(=O)Nc3ccc(N4CCCC4)cc3)cc2)C1=O. The first kappa shape index (κ1) is 19.4. The van der Waals surface area contributed by atoms with Crippen molar-refractivity contribution in [2.45, 2.75) is 19.8 Å². The van der Waals surface area contributed by atoms with Crippen LogP contribution in [0.4, 0.5) is 17.1 Å². The molecule has 2 saturated heterocycles. The zero-order chi connectivity index (χ0) is 20.6. The predicted molar refractivity (Wildman–Crippen MR) is 113 cm³/mol. The Labute approximate surface area is 170 Å². The van der Waals surface area contributed by atoms with Gasteiger partial charge in [0.15, 0.2) is 0 Å². The molecular weight excluding hydrogens is 390 g/mol. The zero-order valence-electron chi connectivity index (χ0n) is 16.2. The van der Waals surface area contributed by atoms with Crippen LogP contribution in [-0.2, 0) is 14.8 Å². The quantitative estimate of drug-likeness (QED) is 0.833. The van der Waals surface area contributed by atoms with Gasteiger partial charge in [0.05, 0.1) is 17.4 Å². The molecular formula is C21H23N3O4S. The summed E-state index contributed by atoms with van der Waals surface area (Å²) in [7, 11) is -3.65. The molecule has 0 radical (unpaired) electrons. The van der Waals surface area contributed by atoms with E-state index in [1.807, 2.05) is 24.3 Å². The van der Waals surface area contributed by atoms with Gasteiger partial charge in [-0.15, -0.1) is 0 Å². The van der Waals surface area contributed by atoms with Crippen LogP contribution in [0.25, 0.3) is 0 Å². The lowest BCUT2D eigenvalue weighted by molar-refractivity contribution is -0.119. The van der Waals surface area contributed by atoms with Gasteiger partial charge in [0.25, 0.3) is 5.91 Å². The molecule has 1 N–H and O–H groups in total. The molecule has 0 unspecified atom stereocenters. The van der Waals surface area contributed by atoms with E-state index in [1.54, 1.807) is 6.92 Å². The molecule has 7 nitrogen and oxygen atoms in total. The van der Waals surface area contributed by atoms with E-state index in [0.717, 1.165) is 23.1 Å². The Kier molecular flexibility index (Phi) is 5.04. The minimum atomic E-state index is -3.65. The second-order valence-electron chi connectivity index (χ2n) is 7.52. The van der Waals surface area contributed by atoms with Crippen molar-refractivity contribution in [3.63, 3.8) is 0 Å². The van der Waals surface area contributed by atoms with Crippen molar-refractivity contribution in [3.8, 4) is 0 Å². The second-order valence-corrected chi connectivity index (χ2v) is 9.39. The van der Waals surface area contributed by atoms with Gasteiger partial charge in [-0.3, -0.25) is 9.59 Å². The number of sulfonamides is 1. The molecule has 0 aliphatic carbocycles. The van der Waals surface area contributed by atoms with E-state index in [-0.39, 0.29) is 17.3 Å². The largest absolute Gasteiger partial charge is 0.372 e. The van der Waals surface area contributed by atoms with E-state index < -0.39 is 21.8 Å². The summed E-state index contributed by atoms with van der Waals surface area (Å²) in [6, 6.07) is 13.7. The van der Waals surface area contributed by atoms with Gasteiger partial charge in [-0.05, 0) is 61.4 Å². The van der Waals surface area contributed by atoms with Gasteiger partial charge >= 0.3 is 0 Å². The first-order valence-corrected chi connectivity index (χ1v) is 11.3. The van der Waals surface area contributed by atoms with Crippen LogP contribution in [0.1, 0.15) is 30.1 Å². The molecule has 0 saturated carbocycles. The van der Waals surface area contributed by atoms with Gasteiger partial charge in [-0.1, -0.05) is 6.92 Å². The fraction of sp³-hybridized carbons (Fsp3) is 0.333. The van der Waals surface area contributed by atoms with Crippen LogP contribution in [0.5, 0.6) is 0 Å². The molecule has 152 valence electrons. The van der Waals surface area contributed by atoms with Crippen molar-refractivity contribution in [1.82, 2.24) is 0 Å². The van der Waals surface area contributed by atoms with E-state index in [2.05, 4.69) is 10.2 Å². The Morgan fingerprint density at radius 1 is 0.966 bits per heavy atom. The molecule has 8 heteroatoms. The Morgan fingerprint density at radius 2 is 1.55 bits per heavy atom. The lowest BCUT2D eigenvalue weighted by Crippen LogP contribution is -2.30. The molecule has 2 aliphatic heterocycles. The maximum atomic E-state index is 12.5. The number of rotatable bonds is 4. The second kappa shape index (κ2) is 7.51. The molecule has 2 aromatic rings. The fourth-order valence-corrected chi connectivity index (χ4v) is 5.59. The fourth-order valence-electron chi connectivity index (χ4n) is 3.77. The summed E-state index contributed by atoms with van der Waals surface area (Å²) < 4.78 is 25.2. The monoisotopic (exact) mass is 413 g/mol. The summed E-state index contributed by atoms with van der Waals surface area (Å²) in [5.41, 5.74) is 2.48. The predicted octanol–water partition coefficient (Wildman–Crippen LogP) is 2.85. The number of hydrogen-bond donors (Lipinski definition) is 1. The number of nitrogens with one attached hydrogen (secondary N) is 1. The molecule has 2 aromatic carbocycles. The highest BCUT2D eigenvalue weighted by Crippen LogP contribution is 2.28. The van der Waals surface area contributed by atoms with Crippen LogP contribution in [0, 0.1) is 5.92 Å². The smallest absolute Gasteiger partial charge is 0.255 e. The topological polar surface area (TPSA) is 86.8 Å². The summed E-state index contributed by atoms with van der Waals surface area (Å²) in [5, 5.41) is 2.84. The molecule has 1 atom stereocenters. The van der Waals surface area contributed by atoms with Crippen LogP contribution in [0.15, 0.2) is 48.5 Å². The van der Waals surface area contributed by atoms with Crippen molar-refractivity contribution in [2.75, 3.05) is 33.4 Å². The van der Waals surface area contributed by atoms with Crippen molar-refractivity contribution >= 4 is 38.9 Å². The van der Waals surface area contributed by atoms with E-state index in [4.69, 9.17) is 0 Å². The summed E-state index contributed by atoms with van der Waals surface area (Å²) in [6.07, 6.45) is 2.41. The third-order valence-corrected chi connectivity index (χ3v) is 7.19. The summed E-state index contributed by atoms with van der Waals surface area (Å²) in [5.74, 6) is -1.50. The number of amides is 2. The highest BCUT2D eigenvalue weighted by Gasteiger charge is 2.41. The van der Waals surface area contributed by atoms with Gasteiger partial charge in [0.2, 0.25) is 15.9 Å². The molecule has 29 heavy (non-hydrogen) atoms. The van der Waals surface area contributed by atoms with Gasteiger partial charge in [0, 0.05) is 30.0 Å². The Bertz CT molecular complexity index is 1030. The molecule has 0 spiro atoms. The molecule has 0 aromatic heterocycles. The molecule has 2 heterocycles. The minimum Gasteiger partial charge on any atom is -0.372 e. The Balaban J connectivity index is 1.45. The molecule has 2 aliphatic rings. The molecule has 2 amide bonds. The van der Waals surface area contributed by atoms with Gasteiger partial charge in [-0.25, -0.2) is 12.7 Å². The van der Waals surface area contributed by atoms with Crippen LogP contribution in [0.2, 0.25) is 0 Å². The number of anilines is 3. The van der Waals surface area contributed by atoms with Crippen LogP contribution < -0.4 is 14.5 Å². The van der Waals surface area contributed by atoms with Crippen molar-refractivity contribution < 1.29 is 18.0 Å². The minimum absolute atomic E-state index is 0.193. The standard InChI is InChI=1S/C21H23N3O4S/c1-15-14-29(27,28)24(21(15)26)19-8-4-16(5-9-19)20(25)22-17-6-10-18(11-7-17)23-12-2-3-13-23/h4-11,15H,2-3,12-14H2,1H3,(H,22,25)/t15-/m0/s1. The number of nitrogens with zero attached hydrogens (tertiary/aromatic N) is 2. The van der Waals surface area contributed by atoms with Crippen LogP contribution in [-0.4, -0.2) is 39.1 Å². The highest BCUT2D eigenvalue weighted by molar-refractivity contribution is 7.94. The van der Waals surface area contributed by atoms with Crippen molar-refractivity contribution in [3.05, 3.63) is 54.1 Å². The first-order chi connectivity index (χ1) is 13.8. The number of carbonyl (C=O) groups excluding carboxylic acids is 2. The van der Waals surface area contributed by atoms with E-state index in [1.165, 1.54) is 37.1 Å². The highest BCUT2D eigenvalue weighted by atomic mass is 32.2. The number of hydrogen-bond acceptors (Lipinski definition) is 5. The van der Waals surface area contributed by atoms with E-state index in [0.29, 0.717) is 11.3 Å². The van der Waals surface area contributed by atoms with Crippen molar-refractivity contribution in [1.29, 1.82) is 0 Å². The van der Waals surface area contributed by atoms with Crippen molar-refractivity contribution in [2.24, 2.45) is 5.92 Å². The van der Waals surface area contributed by atoms with Gasteiger partial charge < -0.3 is 10.2 Å². The summed E-state index contributed by atoms with van der Waals surface area (Å²) in [6.45, 7) is 3.72. The van der Waals surface area contributed by atoms with Crippen LogP contribution >= 0.6 is 0 Å².